The predicted octanol–water partition coefficient (Wildman–Crippen LogP) is 2.06. The van der Waals surface area contributed by atoms with Crippen LogP contribution in [0.1, 0.15) is 31.2 Å². The number of aromatic nitrogens is 1. The van der Waals surface area contributed by atoms with Crippen molar-refractivity contribution >= 4 is 0 Å². The Labute approximate surface area is 121 Å². The lowest BCUT2D eigenvalue weighted by molar-refractivity contribution is 0.0600. The monoisotopic (exact) mass is 275 g/mol. The fraction of sp³-hybridized carbons (Fsp3) is 0.688. The van der Waals surface area contributed by atoms with Crippen LogP contribution in [0, 0.1) is 5.41 Å². The molecule has 0 saturated carbocycles. The summed E-state index contributed by atoms with van der Waals surface area (Å²) >= 11 is 0. The molecule has 1 aromatic rings. The van der Waals surface area contributed by atoms with E-state index in [0.29, 0.717) is 11.3 Å². The lowest BCUT2D eigenvalue weighted by Crippen LogP contribution is -2.50. The fourth-order valence-electron chi connectivity index (χ4n) is 3.71. The summed E-state index contributed by atoms with van der Waals surface area (Å²) in [6.45, 7) is 5.85. The van der Waals surface area contributed by atoms with Gasteiger partial charge in [-0.2, -0.15) is 0 Å². The number of hydrogen-bond acceptors (Lipinski definition) is 4. The zero-order valence-electron chi connectivity index (χ0n) is 12.4. The van der Waals surface area contributed by atoms with Crippen LogP contribution in [0.3, 0.4) is 0 Å². The molecule has 2 aliphatic rings. The van der Waals surface area contributed by atoms with Crippen molar-refractivity contribution in [3.8, 4) is 5.88 Å². The summed E-state index contributed by atoms with van der Waals surface area (Å²) < 4.78 is 5.12. The first-order chi connectivity index (χ1) is 9.80. The van der Waals surface area contributed by atoms with Gasteiger partial charge in [0.25, 0.3) is 0 Å². The summed E-state index contributed by atoms with van der Waals surface area (Å²) in [6, 6.07) is 4.09. The van der Waals surface area contributed by atoms with Crippen LogP contribution in [0.4, 0.5) is 0 Å². The first-order valence-electron chi connectivity index (χ1n) is 7.72. The summed E-state index contributed by atoms with van der Waals surface area (Å²) in [5.74, 6) is 0.695. The molecule has 2 saturated heterocycles. The van der Waals surface area contributed by atoms with Gasteiger partial charge in [0.05, 0.1) is 7.11 Å². The van der Waals surface area contributed by atoms with Gasteiger partial charge in [-0.15, -0.1) is 0 Å². The summed E-state index contributed by atoms with van der Waals surface area (Å²) in [4.78, 5) is 6.90. The number of rotatable bonds is 3. The number of nitrogens with one attached hydrogen (secondary N) is 1. The molecule has 2 fully saturated rings. The fourth-order valence-corrected chi connectivity index (χ4v) is 3.71. The standard InChI is InChI=1S/C16H25N3O/c1-20-15-5-4-14(10-18-15)11-19-9-3-7-16(13-19)6-2-8-17-12-16/h4-5,10,17H,2-3,6-9,11-13H2,1H3. The van der Waals surface area contributed by atoms with Crippen molar-refractivity contribution in [3.63, 3.8) is 0 Å². The van der Waals surface area contributed by atoms with Crippen molar-refractivity contribution in [1.82, 2.24) is 15.2 Å². The Balaban J connectivity index is 1.61. The average molecular weight is 275 g/mol. The summed E-state index contributed by atoms with van der Waals surface area (Å²) in [7, 11) is 1.66. The summed E-state index contributed by atoms with van der Waals surface area (Å²) in [6.07, 6.45) is 7.37. The maximum Gasteiger partial charge on any atom is 0.212 e. The molecular formula is C16H25N3O. The highest BCUT2D eigenvalue weighted by atomic mass is 16.5. The predicted molar refractivity (Wildman–Crippen MR) is 79.8 cm³/mol. The second-order valence-electron chi connectivity index (χ2n) is 6.30. The zero-order chi connectivity index (χ0) is 13.8. The maximum atomic E-state index is 5.12. The first kappa shape index (κ1) is 13.8. The largest absolute Gasteiger partial charge is 0.481 e. The molecule has 1 spiro atoms. The molecule has 4 nitrogen and oxygen atoms in total. The molecule has 1 N–H and O–H groups in total. The number of ether oxygens (including phenoxy) is 1. The van der Waals surface area contributed by atoms with E-state index in [4.69, 9.17) is 4.74 Å². The Bertz CT molecular complexity index is 420. The minimum atomic E-state index is 0.524. The van der Waals surface area contributed by atoms with Crippen LogP contribution in [0.15, 0.2) is 18.3 Å². The number of methoxy groups -OCH3 is 1. The number of pyridine rings is 1. The number of nitrogens with zero attached hydrogens (tertiary/aromatic N) is 2. The van der Waals surface area contributed by atoms with Gasteiger partial charge in [0.1, 0.15) is 0 Å². The second kappa shape index (κ2) is 6.10. The third-order valence-corrected chi connectivity index (χ3v) is 4.71. The van der Waals surface area contributed by atoms with Crippen LogP contribution in [0.25, 0.3) is 0 Å². The van der Waals surface area contributed by atoms with Crippen molar-refractivity contribution < 1.29 is 4.74 Å². The van der Waals surface area contributed by atoms with Gasteiger partial charge < -0.3 is 10.1 Å². The molecule has 0 radical (unpaired) electrons. The molecule has 3 heterocycles. The number of likely N-dealkylation sites (tertiary alicyclic amines) is 1. The molecule has 3 rings (SSSR count). The molecular weight excluding hydrogens is 250 g/mol. The number of piperidine rings is 2. The molecule has 20 heavy (non-hydrogen) atoms. The topological polar surface area (TPSA) is 37.4 Å². The Hall–Kier alpha value is -1.13. The Morgan fingerprint density at radius 2 is 2.25 bits per heavy atom. The normalized spacial score (nSPS) is 27.6. The lowest BCUT2D eigenvalue weighted by Gasteiger charge is -2.45. The van der Waals surface area contributed by atoms with Crippen LogP contribution < -0.4 is 10.1 Å². The quantitative estimate of drug-likeness (QED) is 0.916. The van der Waals surface area contributed by atoms with Gasteiger partial charge in [-0.25, -0.2) is 4.98 Å². The van der Waals surface area contributed by atoms with E-state index in [0.717, 1.165) is 6.54 Å². The Morgan fingerprint density at radius 1 is 1.35 bits per heavy atom. The zero-order valence-corrected chi connectivity index (χ0v) is 12.4. The highest BCUT2D eigenvalue weighted by Crippen LogP contribution is 2.36. The molecule has 1 atom stereocenters. The molecule has 1 unspecified atom stereocenters. The van der Waals surface area contributed by atoms with Crippen molar-refractivity contribution in [3.05, 3.63) is 23.9 Å². The summed E-state index contributed by atoms with van der Waals surface area (Å²) in [5, 5.41) is 3.59. The number of hydrogen-bond donors (Lipinski definition) is 1. The minimum absolute atomic E-state index is 0.524. The van der Waals surface area contributed by atoms with Gasteiger partial charge in [-0.05, 0) is 49.8 Å². The van der Waals surface area contributed by atoms with Crippen LogP contribution in [0.5, 0.6) is 5.88 Å². The van der Waals surface area contributed by atoms with E-state index in [1.54, 1.807) is 7.11 Å². The second-order valence-corrected chi connectivity index (χ2v) is 6.30. The Morgan fingerprint density at radius 3 is 2.95 bits per heavy atom. The third-order valence-electron chi connectivity index (χ3n) is 4.71. The van der Waals surface area contributed by atoms with E-state index in [1.165, 1.54) is 57.4 Å². The molecule has 4 heteroatoms. The first-order valence-corrected chi connectivity index (χ1v) is 7.72. The van der Waals surface area contributed by atoms with E-state index in [2.05, 4.69) is 21.3 Å². The molecule has 0 aliphatic carbocycles. The molecule has 1 aromatic heterocycles. The van der Waals surface area contributed by atoms with E-state index in [-0.39, 0.29) is 0 Å². The van der Waals surface area contributed by atoms with Gasteiger partial charge in [0.2, 0.25) is 5.88 Å². The van der Waals surface area contributed by atoms with E-state index in [9.17, 15) is 0 Å². The van der Waals surface area contributed by atoms with Crippen molar-refractivity contribution in [2.45, 2.75) is 32.2 Å². The van der Waals surface area contributed by atoms with Crippen LogP contribution >= 0.6 is 0 Å². The van der Waals surface area contributed by atoms with Gasteiger partial charge in [0.15, 0.2) is 0 Å². The minimum Gasteiger partial charge on any atom is -0.481 e. The van der Waals surface area contributed by atoms with Gasteiger partial charge >= 0.3 is 0 Å². The smallest absolute Gasteiger partial charge is 0.212 e. The van der Waals surface area contributed by atoms with Crippen LogP contribution in [-0.4, -0.2) is 43.2 Å². The Kier molecular flexibility index (Phi) is 4.22. The molecule has 0 aromatic carbocycles. The van der Waals surface area contributed by atoms with Gasteiger partial charge in [-0.1, -0.05) is 6.07 Å². The van der Waals surface area contributed by atoms with Crippen molar-refractivity contribution in [1.29, 1.82) is 0 Å². The molecule has 110 valence electrons. The van der Waals surface area contributed by atoms with Gasteiger partial charge in [0, 0.05) is 31.9 Å². The highest BCUT2D eigenvalue weighted by molar-refractivity contribution is 5.17. The SMILES string of the molecule is COc1ccc(CN2CCCC3(CCCNC3)C2)cn1. The highest BCUT2D eigenvalue weighted by Gasteiger charge is 2.36. The van der Waals surface area contributed by atoms with Crippen LogP contribution in [-0.2, 0) is 6.54 Å². The van der Waals surface area contributed by atoms with Crippen molar-refractivity contribution in [2.24, 2.45) is 5.41 Å². The van der Waals surface area contributed by atoms with E-state index < -0.39 is 0 Å². The van der Waals surface area contributed by atoms with Crippen molar-refractivity contribution in [2.75, 3.05) is 33.3 Å². The summed E-state index contributed by atoms with van der Waals surface area (Å²) in [5.41, 5.74) is 1.81. The molecule has 2 aliphatic heterocycles. The van der Waals surface area contributed by atoms with Gasteiger partial charge in [-0.3, -0.25) is 4.90 Å². The van der Waals surface area contributed by atoms with E-state index >= 15 is 0 Å². The molecule has 0 bridgehead atoms. The lowest BCUT2D eigenvalue weighted by atomic mass is 9.74. The molecule has 0 amide bonds. The maximum absolute atomic E-state index is 5.12. The average Bonchev–Trinajstić information content (AvgIpc) is 2.49. The third kappa shape index (κ3) is 3.13. The van der Waals surface area contributed by atoms with E-state index in [1.807, 2.05) is 12.3 Å². The van der Waals surface area contributed by atoms with Crippen LogP contribution in [0.2, 0.25) is 0 Å².